The second-order valence-electron chi connectivity index (χ2n) is 7.78. The second kappa shape index (κ2) is 6.70. The monoisotopic (exact) mass is 389 g/mol. The summed E-state index contributed by atoms with van der Waals surface area (Å²) in [5.74, 6) is 0.973. The molecule has 0 unspecified atom stereocenters. The zero-order chi connectivity index (χ0) is 20.1. The molecule has 1 N–H and O–H groups in total. The van der Waals surface area contributed by atoms with Crippen LogP contribution < -0.4 is 10.5 Å². The van der Waals surface area contributed by atoms with E-state index in [1.807, 2.05) is 44.2 Å². The van der Waals surface area contributed by atoms with Gasteiger partial charge in [0.05, 0.1) is 10.9 Å². The zero-order valence-corrected chi connectivity index (χ0v) is 16.8. The van der Waals surface area contributed by atoms with Crippen LogP contribution in [0.25, 0.3) is 33.5 Å². The number of likely N-dealkylation sites (N-methyl/N-ethyl adjacent to an activating group) is 1. The molecule has 0 amide bonds. The van der Waals surface area contributed by atoms with E-state index in [1.165, 1.54) is 0 Å². The molecule has 1 aliphatic rings. The predicted octanol–water partition coefficient (Wildman–Crippen LogP) is 3.10. The van der Waals surface area contributed by atoms with Gasteiger partial charge in [0.2, 0.25) is 0 Å². The van der Waals surface area contributed by atoms with Crippen LogP contribution >= 0.6 is 0 Å². The van der Waals surface area contributed by atoms with Gasteiger partial charge in [-0.25, -0.2) is 4.98 Å². The second-order valence-corrected chi connectivity index (χ2v) is 7.78. The Hall–Kier alpha value is -3.19. The lowest BCUT2D eigenvalue weighted by Crippen LogP contribution is -2.44. The number of fused-ring (bicyclic) bond motifs is 2. The molecule has 0 atom stereocenters. The number of piperazine rings is 1. The number of pyridine rings is 1. The Morgan fingerprint density at radius 2 is 1.79 bits per heavy atom. The van der Waals surface area contributed by atoms with Gasteiger partial charge in [0, 0.05) is 54.7 Å². The highest BCUT2D eigenvalue weighted by Crippen LogP contribution is 2.28. The number of rotatable bonds is 2. The van der Waals surface area contributed by atoms with Crippen molar-refractivity contribution in [2.45, 2.75) is 13.8 Å². The van der Waals surface area contributed by atoms with E-state index in [2.05, 4.69) is 31.8 Å². The number of anilines is 1. The van der Waals surface area contributed by atoms with Gasteiger partial charge in [-0.2, -0.15) is 0 Å². The topological polar surface area (TPSA) is 78.3 Å². The van der Waals surface area contributed by atoms with Crippen molar-refractivity contribution in [3.05, 3.63) is 52.1 Å². The molecule has 1 saturated heterocycles. The standard InChI is InChI=1S/C22H23N5O2/c1-13-10-19-16(14(2)23-13)12-20(29-19)21-24-18-5-4-15(11-17(18)22(28)25-21)27-8-6-26(3)7-9-27/h4-5,10-12H,6-9H2,1-3H3,(H,24,25,28). The van der Waals surface area contributed by atoms with Crippen molar-refractivity contribution in [1.82, 2.24) is 19.9 Å². The van der Waals surface area contributed by atoms with Crippen LogP contribution in [-0.2, 0) is 0 Å². The average molecular weight is 389 g/mol. The molecule has 4 heterocycles. The van der Waals surface area contributed by atoms with Crippen LogP contribution in [-0.4, -0.2) is 53.1 Å². The van der Waals surface area contributed by atoms with Gasteiger partial charge in [-0.1, -0.05) is 0 Å². The van der Waals surface area contributed by atoms with Crippen molar-refractivity contribution in [3.8, 4) is 11.6 Å². The maximum absolute atomic E-state index is 12.8. The largest absolute Gasteiger partial charge is 0.453 e. The predicted molar refractivity (Wildman–Crippen MR) is 115 cm³/mol. The number of hydrogen-bond donors (Lipinski definition) is 1. The molecule has 3 aromatic heterocycles. The van der Waals surface area contributed by atoms with Gasteiger partial charge in [-0.3, -0.25) is 9.78 Å². The molecule has 5 rings (SSSR count). The first-order valence-electron chi connectivity index (χ1n) is 9.84. The van der Waals surface area contributed by atoms with E-state index in [4.69, 9.17) is 4.42 Å². The number of aryl methyl sites for hydroxylation is 2. The summed E-state index contributed by atoms with van der Waals surface area (Å²) >= 11 is 0. The normalized spacial score (nSPS) is 15.5. The summed E-state index contributed by atoms with van der Waals surface area (Å²) in [6, 6.07) is 9.68. The Bertz CT molecular complexity index is 1280. The third-order valence-corrected chi connectivity index (χ3v) is 5.63. The van der Waals surface area contributed by atoms with E-state index in [1.54, 1.807) is 0 Å². The van der Waals surface area contributed by atoms with Crippen molar-refractivity contribution in [2.24, 2.45) is 0 Å². The summed E-state index contributed by atoms with van der Waals surface area (Å²) < 4.78 is 5.96. The maximum Gasteiger partial charge on any atom is 0.259 e. The molecule has 1 aliphatic heterocycles. The van der Waals surface area contributed by atoms with Crippen molar-refractivity contribution >= 4 is 27.6 Å². The first-order chi connectivity index (χ1) is 14.0. The molecular formula is C22H23N5O2. The van der Waals surface area contributed by atoms with Crippen LogP contribution in [0.1, 0.15) is 11.4 Å². The number of hydrogen-bond acceptors (Lipinski definition) is 6. The molecule has 1 aromatic carbocycles. The maximum atomic E-state index is 12.8. The lowest BCUT2D eigenvalue weighted by Gasteiger charge is -2.34. The van der Waals surface area contributed by atoms with Crippen LogP contribution in [0, 0.1) is 13.8 Å². The molecule has 148 valence electrons. The fraction of sp³-hybridized carbons (Fsp3) is 0.318. The van der Waals surface area contributed by atoms with E-state index in [0.717, 1.165) is 54.2 Å². The van der Waals surface area contributed by atoms with Crippen LogP contribution in [0.5, 0.6) is 0 Å². The minimum absolute atomic E-state index is 0.160. The Labute approximate surface area is 168 Å². The molecule has 0 radical (unpaired) electrons. The minimum Gasteiger partial charge on any atom is -0.453 e. The molecule has 0 aliphatic carbocycles. The lowest BCUT2D eigenvalue weighted by atomic mass is 10.2. The first-order valence-corrected chi connectivity index (χ1v) is 9.84. The number of nitrogens with one attached hydrogen (secondary N) is 1. The Balaban J connectivity index is 1.56. The number of aromatic amines is 1. The molecule has 0 saturated carbocycles. The number of aromatic nitrogens is 3. The fourth-order valence-electron chi connectivity index (χ4n) is 3.96. The van der Waals surface area contributed by atoms with Gasteiger partial charge in [0.25, 0.3) is 5.56 Å². The molecule has 0 spiro atoms. The number of H-pyrrole nitrogens is 1. The summed E-state index contributed by atoms with van der Waals surface area (Å²) in [6.45, 7) is 7.83. The molecular weight excluding hydrogens is 366 g/mol. The van der Waals surface area contributed by atoms with Gasteiger partial charge >= 0.3 is 0 Å². The molecule has 29 heavy (non-hydrogen) atoms. The van der Waals surface area contributed by atoms with Crippen LogP contribution in [0.3, 0.4) is 0 Å². The first kappa shape index (κ1) is 17.9. The SMILES string of the molecule is Cc1cc2oc(-c3nc4ccc(N5CCN(C)CC5)cc4c(=O)[nH]3)cc2c(C)n1. The molecule has 0 bridgehead atoms. The quantitative estimate of drug-likeness (QED) is 0.568. The summed E-state index contributed by atoms with van der Waals surface area (Å²) in [6.07, 6.45) is 0. The van der Waals surface area contributed by atoms with Crippen LogP contribution in [0.2, 0.25) is 0 Å². The Kier molecular flexibility index (Phi) is 4.13. The number of furan rings is 1. The van der Waals surface area contributed by atoms with Crippen LogP contribution in [0.15, 0.2) is 39.5 Å². The van der Waals surface area contributed by atoms with Crippen molar-refractivity contribution in [1.29, 1.82) is 0 Å². The minimum atomic E-state index is -0.160. The average Bonchev–Trinajstić information content (AvgIpc) is 3.13. The van der Waals surface area contributed by atoms with E-state index in [-0.39, 0.29) is 5.56 Å². The highest BCUT2D eigenvalue weighted by molar-refractivity contribution is 5.86. The van der Waals surface area contributed by atoms with Crippen molar-refractivity contribution in [2.75, 3.05) is 38.1 Å². The fourth-order valence-corrected chi connectivity index (χ4v) is 3.96. The summed E-state index contributed by atoms with van der Waals surface area (Å²) in [4.78, 5) is 29.5. The number of nitrogens with zero attached hydrogens (tertiary/aromatic N) is 4. The highest BCUT2D eigenvalue weighted by Gasteiger charge is 2.17. The lowest BCUT2D eigenvalue weighted by molar-refractivity contribution is 0.313. The molecule has 7 heteroatoms. The van der Waals surface area contributed by atoms with Crippen LogP contribution in [0.4, 0.5) is 5.69 Å². The van der Waals surface area contributed by atoms with E-state index in [9.17, 15) is 4.79 Å². The van der Waals surface area contributed by atoms with Crippen molar-refractivity contribution < 1.29 is 4.42 Å². The summed E-state index contributed by atoms with van der Waals surface area (Å²) in [5, 5.41) is 1.52. The smallest absolute Gasteiger partial charge is 0.259 e. The number of benzene rings is 1. The van der Waals surface area contributed by atoms with E-state index in [0.29, 0.717) is 22.5 Å². The highest BCUT2D eigenvalue weighted by atomic mass is 16.3. The van der Waals surface area contributed by atoms with Gasteiger partial charge < -0.3 is 19.2 Å². The zero-order valence-electron chi connectivity index (χ0n) is 16.8. The van der Waals surface area contributed by atoms with Gasteiger partial charge in [0.1, 0.15) is 5.58 Å². The summed E-state index contributed by atoms with van der Waals surface area (Å²) in [7, 11) is 2.13. The van der Waals surface area contributed by atoms with Gasteiger partial charge in [-0.05, 0) is 45.2 Å². The third-order valence-electron chi connectivity index (χ3n) is 5.63. The van der Waals surface area contributed by atoms with E-state index >= 15 is 0 Å². The van der Waals surface area contributed by atoms with Gasteiger partial charge in [0.15, 0.2) is 11.6 Å². The third kappa shape index (κ3) is 3.17. The molecule has 4 aromatic rings. The molecule has 7 nitrogen and oxygen atoms in total. The summed E-state index contributed by atoms with van der Waals surface area (Å²) in [5.41, 5.74) is 4.10. The Morgan fingerprint density at radius 1 is 1.00 bits per heavy atom. The molecule has 1 fully saturated rings. The van der Waals surface area contributed by atoms with E-state index < -0.39 is 0 Å². The Morgan fingerprint density at radius 3 is 2.59 bits per heavy atom. The van der Waals surface area contributed by atoms with Crippen molar-refractivity contribution in [3.63, 3.8) is 0 Å². The van der Waals surface area contributed by atoms with Gasteiger partial charge in [-0.15, -0.1) is 0 Å².